The van der Waals surface area contributed by atoms with E-state index >= 15 is 0 Å². The van der Waals surface area contributed by atoms with Crippen LogP contribution in [-0.4, -0.2) is 91.1 Å². The Morgan fingerprint density at radius 2 is 0.768 bits per heavy atom. The van der Waals surface area contributed by atoms with Crippen LogP contribution in [0.15, 0.2) is 206 Å². The predicted octanol–water partition coefficient (Wildman–Crippen LogP) is 18.7. The Hall–Kier alpha value is -5.81. The molecule has 1 aromatic heterocycles. The summed E-state index contributed by atoms with van der Waals surface area (Å²) in [7, 11) is 0. The standard InChI is InChI=1S/3C13H19N.C12H18N2.3C12H17N/c1-10-8-13(9-11(2)14-10)12-6-4-3-5-7-12;1-13(2)10-12(8-9-14-13)11-6-4-3-5-7-11;1-13(2)9-8-12(10-14-13)11-6-4-3-5-7-11;1-12(2)9-10(6-8-14-12)11-5-3-4-7-13-11;1-10-12(8-5-9-13-10)11-6-3-2-4-7-11;1-10-9-12(7-8-13-10)11-5-3-2-4-6-11;1-10-7-8-12(9-13-10)11-5-3-2-4-6-11/h3-7,10-11,13-14H,8-9H2,1-2H3;2*3-7,12,14H,8-10H2,1-2H3;3-5,7,10,14H,6,8-9H2,1-2H3;2-4,6-7,10,12-13H,5,8-9H2,1H3;2*2-6,10,12-13H,7-9H2,1H3. The van der Waals surface area contributed by atoms with Crippen LogP contribution in [0.2, 0.25) is 0 Å². The lowest BCUT2D eigenvalue weighted by Gasteiger charge is -2.36. The second kappa shape index (κ2) is 39.0. The Bertz CT molecular complexity index is 2970. The number of rotatable bonds is 7. The minimum atomic E-state index is 0.264. The zero-order valence-corrected chi connectivity index (χ0v) is 60.6. The maximum absolute atomic E-state index is 4.44. The predicted molar refractivity (Wildman–Crippen MR) is 407 cm³/mol. The molecule has 0 radical (unpaired) electrons. The first-order chi connectivity index (χ1) is 45.9. The topological polar surface area (TPSA) is 97.1 Å². The molecule has 7 aromatic rings. The van der Waals surface area contributed by atoms with Crippen molar-refractivity contribution in [2.45, 2.75) is 254 Å². The van der Waals surface area contributed by atoms with Gasteiger partial charge in [0.15, 0.2) is 0 Å². The first-order valence-electron chi connectivity index (χ1n) is 37.3. The highest BCUT2D eigenvalue weighted by atomic mass is 15.0. The molecule has 0 saturated carbocycles. The fourth-order valence-electron chi connectivity index (χ4n) is 15.7. The van der Waals surface area contributed by atoms with Crippen LogP contribution < -0.4 is 37.2 Å². The van der Waals surface area contributed by atoms with Gasteiger partial charge in [0, 0.05) is 77.7 Å². The third-order valence-corrected chi connectivity index (χ3v) is 21.2. The first-order valence-corrected chi connectivity index (χ1v) is 37.3. The molecule has 0 aliphatic carbocycles. The van der Waals surface area contributed by atoms with Gasteiger partial charge in [-0.25, -0.2) is 0 Å². The van der Waals surface area contributed by atoms with E-state index in [1.165, 1.54) is 142 Å². The van der Waals surface area contributed by atoms with Crippen LogP contribution in [0.5, 0.6) is 0 Å². The smallest absolute Gasteiger partial charge is 0.0435 e. The van der Waals surface area contributed by atoms with Crippen LogP contribution >= 0.6 is 0 Å². The van der Waals surface area contributed by atoms with Crippen molar-refractivity contribution in [2.24, 2.45) is 0 Å². The minimum Gasteiger partial charge on any atom is -0.314 e. The fraction of sp³-hybridized carbons (Fsp3) is 0.529. The van der Waals surface area contributed by atoms with Gasteiger partial charge in [0.2, 0.25) is 0 Å². The molecule has 7 aliphatic rings. The van der Waals surface area contributed by atoms with Gasteiger partial charge in [-0.3, -0.25) is 4.98 Å². The van der Waals surface area contributed by atoms with Gasteiger partial charge in [-0.1, -0.05) is 188 Å². The number of pyridine rings is 1. The Balaban J connectivity index is 0.000000142. The largest absolute Gasteiger partial charge is 0.314 e. The Labute approximate surface area is 578 Å². The summed E-state index contributed by atoms with van der Waals surface area (Å²) in [5.74, 6) is 5.07. The van der Waals surface area contributed by atoms with Crippen LogP contribution in [0.25, 0.3) is 0 Å². The normalized spacial score (nSPS) is 28.1. The second-order valence-corrected chi connectivity index (χ2v) is 31.0. The van der Waals surface area contributed by atoms with Crippen molar-refractivity contribution in [2.75, 3.05) is 39.3 Å². The molecule has 0 bridgehead atoms. The van der Waals surface area contributed by atoms with E-state index in [-0.39, 0.29) is 5.54 Å². The molecule has 7 saturated heterocycles. The van der Waals surface area contributed by atoms with E-state index in [9.17, 15) is 0 Å². The molecule has 7 N–H and O–H groups in total. The molecular formula is C87H126N8. The molecule has 0 spiro atoms. The van der Waals surface area contributed by atoms with Gasteiger partial charge < -0.3 is 37.2 Å². The number of hydrogen-bond donors (Lipinski definition) is 7. The highest BCUT2D eigenvalue weighted by Gasteiger charge is 2.31. The molecule has 8 heteroatoms. The van der Waals surface area contributed by atoms with Gasteiger partial charge >= 0.3 is 0 Å². The molecular weight excluding hydrogens is 1160 g/mol. The van der Waals surface area contributed by atoms with Gasteiger partial charge in [0.05, 0.1) is 0 Å². The van der Waals surface area contributed by atoms with E-state index in [0.717, 1.165) is 55.8 Å². The van der Waals surface area contributed by atoms with Crippen molar-refractivity contribution in [3.63, 3.8) is 0 Å². The number of nitrogens with zero attached hydrogens (tertiary/aromatic N) is 1. The molecule has 11 unspecified atom stereocenters. The molecule has 6 aromatic carbocycles. The number of hydrogen-bond acceptors (Lipinski definition) is 8. The molecule has 0 amide bonds. The van der Waals surface area contributed by atoms with Crippen molar-refractivity contribution in [3.8, 4) is 0 Å². The fourth-order valence-corrected chi connectivity index (χ4v) is 15.7. The second-order valence-electron chi connectivity index (χ2n) is 31.0. The van der Waals surface area contributed by atoms with Crippen molar-refractivity contribution >= 4 is 0 Å². The summed E-state index contributed by atoms with van der Waals surface area (Å²) in [4.78, 5) is 4.44. The van der Waals surface area contributed by atoms with Gasteiger partial charge in [-0.2, -0.15) is 0 Å². The van der Waals surface area contributed by atoms with Crippen LogP contribution in [-0.2, 0) is 0 Å². The molecule has 8 heterocycles. The summed E-state index contributed by atoms with van der Waals surface area (Å²) in [6.45, 7) is 32.0. The van der Waals surface area contributed by atoms with E-state index in [4.69, 9.17) is 0 Å². The quantitative estimate of drug-likeness (QED) is 0.0848. The first kappa shape index (κ1) is 75.0. The highest BCUT2D eigenvalue weighted by Crippen LogP contribution is 2.35. The molecule has 8 nitrogen and oxygen atoms in total. The van der Waals surface area contributed by atoms with Crippen molar-refractivity contribution in [3.05, 3.63) is 245 Å². The average Bonchev–Trinajstić information content (AvgIpc) is 1.20. The summed E-state index contributed by atoms with van der Waals surface area (Å²) < 4.78 is 0. The zero-order chi connectivity index (χ0) is 67.3. The summed E-state index contributed by atoms with van der Waals surface area (Å²) >= 11 is 0. The van der Waals surface area contributed by atoms with Crippen LogP contribution in [0, 0.1) is 0 Å². The maximum Gasteiger partial charge on any atom is 0.0435 e. The van der Waals surface area contributed by atoms with Crippen molar-refractivity contribution in [1.82, 2.24) is 42.2 Å². The lowest BCUT2D eigenvalue weighted by atomic mass is 9.81. The van der Waals surface area contributed by atoms with Crippen molar-refractivity contribution in [1.29, 1.82) is 0 Å². The molecule has 11 atom stereocenters. The highest BCUT2D eigenvalue weighted by molar-refractivity contribution is 5.26. The van der Waals surface area contributed by atoms with Crippen LogP contribution in [0.4, 0.5) is 0 Å². The number of benzene rings is 6. The van der Waals surface area contributed by atoms with Gasteiger partial charge in [-0.15, -0.1) is 0 Å². The average molecular weight is 1280 g/mol. The summed E-state index contributed by atoms with van der Waals surface area (Å²) in [5, 5.41) is 24.8. The van der Waals surface area contributed by atoms with Crippen molar-refractivity contribution < 1.29 is 0 Å². The Kier molecular flexibility index (Phi) is 30.7. The van der Waals surface area contributed by atoms with E-state index in [2.05, 4.69) is 312 Å². The summed E-state index contributed by atoms with van der Waals surface area (Å²) in [5.41, 5.74) is 11.1. The summed E-state index contributed by atoms with van der Waals surface area (Å²) in [6, 6.07) is 74.7. The van der Waals surface area contributed by atoms with E-state index in [0.29, 0.717) is 53.1 Å². The number of nitrogens with one attached hydrogen (secondary N) is 7. The zero-order valence-electron chi connectivity index (χ0n) is 60.6. The monoisotopic (exact) mass is 1280 g/mol. The van der Waals surface area contributed by atoms with E-state index in [1.54, 1.807) is 0 Å². The van der Waals surface area contributed by atoms with E-state index in [1.807, 2.05) is 12.3 Å². The summed E-state index contributed by atoms with van der Waals surface area (Å²) in [6.07, 6.45) is 19.8. The Morgan fingerprint density at radius 3 is 1.22 bits per heavy atom. The number of aromatic nitrogens is 1. The van der Waals surface area contributed by atoms with Crippen LogP contribution in [0.3, 0.4) is 0 Å². The molecule has 7 fully saturated rings. The minimum absolute atomic E-state index is 0.264. The van der Waals surface area contributed by atoms with Gasteiger partial charge in [0.1, 0.15) is 0 Å². The maximum atomic E-state index is 4.44. The third kappa shape index (κ3) is 26.5. The lowest BCUT2D eigenvalue weighted by Crippen LogP contribution is -2.45. The lowest BCUT2D eigenvalue weighted by molar-refractivity contribution is 0.273. The third-order valence-electron chi connectivity index (χ3n) is 21.2. The van der Waals surface area contributed by atoms with Gasteiger partial charge in [-0.05, 0) is 273 Å². The molecule has 7 aliphatic heterocycles. The van der Waals surface area contributed by atoms with Crippen LogP contribution in [0.1, 0.15) is 247 Å². The SMILES string of the molecule is CC1(C)CC(c2ccccc2)CCN1.CC1(C)CC(c2ccccn2)CCN1.CC1(C)CCC(c2ccccc2)CN1.CC1CC(c2ccccc2)CC(C)N1.CC1CC(c2ccccc2)CCN1.CC1CCC(c2ccccc2)CN1.CC1NCCCC1c1ccccc1. The Morgan fingerprint density at radius 1 is 0.326 bits per heavy atom. The molecule has 514 valence electrons. The number of piperidine rings is 7. The molecule has 14 rings (SSSR count). The van der Waals surface area contributed by atoms with Gasteiger partial charge in [0.25, 0.3) is 0 Å². The molecule has 95 heavy (non-hydrogen) atoms. The van der Waals surface area contributed by atoms with E-state index < -0.39 is 0 Å².